The van der Waals surface area contributed by atoms with Crippen LogP contribution < -0.4 is 14.4 Å². The number of fused-ring (bicyclic) bond motifs is 1. The van der Waals surface area contributed by atoms with Gasteiger partial charge in [-0.2, -0.15) is 5.10 Å². The van der Waals surface area contributed by atoms with Crippen molar-refractivity contribution in [3.63, 3.8) is 0 Å². The largest absolute Gasteiger partial charge is 0.496 e. The lowest BCUT2D eigenvalue weighted by Gasteiger charge is -2.20. The van der Waals surface area contributed by atoms with E-state index >= 15 is 0 Å². The number of hydrogen-bond donors (Lipinski definition) is 1. The fraction of sp³-hybridized carbons (Fsp3) is 0.292. The number of carbonyl (C=O) groups excluding carboxylic acids is 2. The van der Waals surface area contributed by atoms with Crippen LogP contribution in [0.4, 0.5) is 11.5 Å². The molecule has 0 atom stereocenters. The second-order valence-corrected chi connectivity index (χ2v) is 10.1. The second-order valence-electron chi connectivity index (χ2n) is 8.20. The summed E-state index contributed by atoms with van der Waals surface area (Å²) in [6.45, 7) is 3.57. The van der Waals surface area contributed by atoms with E-state index in [1.807, 2.05) is 26.0 Å². The molecule has 0 aliphatic carbocycles. The third-order valence-electron chi connectivity index (χ3n) is 5.58. The minimum atomic E-state index is -3.93. The van der Waals surface area contributed by atoms with E-state index in [-0.39, 0.29) is 22.3 Å². The average Bonchev–Trinajstić information content (AvgIpc) is 3.49. The van der Waals surface area contributed by atoms with Crippen LogP contribution in [-0.4, -0.2) is 50.3 Å². The maximum Gasteiger partial charge on any atom is 0.342 e. The number of carbonyl (C=O) groups is 2. The molecule has 4 rings (SSSR count). The Morgan fingerprint density at radius 3 is 2.66 bits per heavy atom. The second kappa shape index (κ2) is 9.79. The van der Waals surface area contributed by atoms with Gasteiger partial charge >= 0.3 is 5.97 Å². The summed E-state index contributed by atoms with van der Waals surface area (Å²) in [7, 11) is -2.57. The van der Waals surface area contributed by atoms with Gasteiger partial charge in [0.1, 0.15) is 17.1 Å². The lowest BCUT2D eigenvalue weighted by molar-refractivity contribution is -0.119. The zero-order valence-electron chi connectivity index (χ0n) is 19.6. The number of esters is 1. The molecule has 1 amide bonds. The summed E-state index contributed by atoms with van der Waals surface area (Å²) in [6, 6.07) is 12.9. The molecule has 0 saturated carbocycles. The monoisotopic (exact) mass is 498 g/mol. The predicted molar refractivity (Wildman–Crippen MR) is 129 cm³/mol. The number of methoxy groups -OCH3 is 1. The number of para-hydroxylation sites is 1. The Morgan fingerprint density at radius 2 is 1.91 bits per heavy atom. The molecule has 10 nitrogen and oxygen atoms in total. The van der Waals surface area contributed by atoms with E-state index < -0.39 is 28.5 Å². The third-order valence-corrected chi connectivity index (χ3v) is 7.39. The molecule has 2 aromatic carbocycles. The van der Waals surface area contributed by atoms with Gasteiger partial charge in [-0.25, -0.2) is 17.9 Å². The van der Waals surface area contributed by atoms with E-state index in [1.54, 1.807) is 29.1 Å². The molecule has 0 saturated heterocycles. The molecular weight excluding hydrogens is 472 g/mol. The predicted octanol–water partition coefficient (Wildman–Crippen LogP) is 3.02. The van der Waals surface area contributed by atoms with Crippen LogP contribution in [-0.2, 0) is 26.0 Å². The van der Waals surface area contributed by atoms with E-state index in [9.17, 15) is 18.0 Å². The maximum absolute atomic E-state index is 13.4. The summed E-state index contributed by atoms with van der Waals surface area (Å²) in [5, 5.41) is 6.77. The van der Waals surface area contributed by atoms with Crippen LogP contribution in [0.3, 0.4) is 0 Å². The molecule has 0 bridgehead atoms. The summed E-state index contributed by atoms with van der Waals surface area (Å²) in [4.78, 5) is 25.0. The Labute approximate surface area is 203 Å². The van der Waals surface area contributed by atoms with Gasteiger partial charge in [0.15, 0.2) is 6.61 Å². The van der Waals surface area contributed by atoms with E-state index in [0.29, 0.717) is 24.5 Å². The van der Waals surface area contributed by atoms with Crippen LogP contribution in [0.15, 0.2) is 59.6 Å². The molecule has 0 radical (unpaired) electrons. The lowest BCUT2D eigenvalue weighted by Crippen LogP contribution is -2.29. The zero-order chi connectivity index (χ0) is 25.2. The standard InChI is InChI=1S/C24H26N4O6S/c1-16(2)28-22(10-12-25-28)26-23(29)15-34-24(30)19-14-18(8-9-21(19)33-3)35(31,32)27-13-11-17-6-4-5-7-20(17)27/h4-10,12,14,16H,11,13,15H2,1-3H3,(H,26,29). The van der Waals surface area contributed by atoms with Gasteiger partial charge in [0.25, 0.3) is 15.9 Å². The van der Waals surface area contributed by atoms with Crippen molar-refractivity contribution in [2.75, 3.05) is 29.9 Å². The van der Waals surface area contributed by atoms with E-state index in [4.69, 9.17) is 9.47 Å². The van der Waals surface area contributed by atoms with E-state index in [1.165, 1.54) is 29.6 Å². The summed E-state index contributed by atoms with van der Waals surface area (Å²) in [6.07, 6.45) is 2.16. The first kappa shape index (κ1) is 24.3. The number of ether oxygens (including phenoxy) is 2. The topological polar surface area (TPSA) is 120 Å². The molecule has 35 heavy (non-hydrogen) atoms. The van der Waals surface area contributed by atoms with Crippen molar-refractivity contribution in [1.29, 1.82) is 0 Å². The van der Waals surface area contributed by atoms with Crippen molar-refractivity contribution >= 4 is 33.4 Å². The number of aromatic nitrogens is 2. The molecule has 0 fully saturated rings. The normalized spacial score (nSPS) is 13.0. The van der Waals surface area contributed by atoms with Crippen molar-refractivity contribution in [1.82, 2.24) is 9.78 Å². The molecule has 1 aliphatic heterocycles. The summed E-state index contributed by atoms with van der Waals surface area (Å²) in [5.74, 6) is -0.836. The number of sulfonamides is 1. The number of benzene rings is 2. The summed E-state index contributed by atoms with van der Waals surface area (Å²) in [5.41, 5.74) is 1.46. The average molecular weight is 499 g/mol. The van der Waals surface area contributed by atoms with Gasteiger partial charge in [0.2, 0.25) is 0 Å². The smallest absolute Gasteiger partial charge is 0.342 e. The van der Waals surface area contributed by atoms with Crippen molar-refractivity contribution in [3.8, 4) is 5.75 Å². The first-order valence-electron chi connectivity index (χ1n) is 11.0. The van der Waals surface area contributed by atoms with Crippen molar-refractivity contribution in [3.05, 3.63) is 65.9 Å². The summed E-state index contributed by atoms with van der Waals surface area (Å²) >= 11 is 0. The van der Waals surface area contributed by atoms with Crippen molar-refractivity contribution < 1.29 is 27.5 Å². The Hall–Kier alpha value is -3.86. The van der Waals surface area contributed by atoms with Gasteiger partial charge in [-0.1, -0.05) is 18.2 Å². The SMILES string of the molecule is COc1ccc(S(=O)(=O)N2CCc3ccccc32)cc1C(=O)OCC(=O)Nc1ccnn1C(C)C. The molecule has 3 aromatic rings. The van der Waals surface area contributed by atoms with Crippen LogP contribution in [0.5, 0.6) is 5.75 Å². The molecule has 2 heterocycles. The lowest BCUT2D eigenvalue weighted by atomic mass is 10.2. The van der Waals surface area contributed by atoms with Crippen LogP contribution in [0.25, 0.3) is 0 Å². The van der Waals surface area contributed by atoms with Crippen LogP contribution in [0, 0.1) is 0 Å². The highest BCUT2D eigenvalue weighted by Crippen LogP contribution is 2.34. The van der Waals surface area contributed by atoms with Gasteiger partial charge in [0, 0.05) is 18.7 Å². The van der Waals surface area contributed by atoms with Gasteiger partial charge in [-0.3, -0.25) is 9.10 Å². The van der Waals surface area contributed by atoms with Crippen LogP contribution in [0.2, 0.25) is 0 Å². The Kier molecular flexibility index (Phi) is 6.79. The van der Waals surface area contributed by atoms with Crippen LogP contribution in [0.1, 0.15) is 35.8 Å². The molecule has 0 unspecified atom stereocenters. The van der Waals surface area contributed by atoms with Crippen molar-refractivity contribution in [2.45, 2.75) is 31.2 Å². The minimum Gasteiger partial charge on any atom is -0.496 e. The highest BCUT2D eigenvalue weighted by Gasteiger charge is 2.32. The molecule has 1 aliphatic rings. The number of hydrogen-bond acceptors (Lipinski definition) is 7. The zero-order valence-corrected chi connectivity index (χ0v) is 20.4. The van der Waals surface area contributed by atoms with Gasteiger partial charge < -0.3 is 14.8 Å². The molecule has 184 valence electrons. The molecule has 0 spiro atoms. The fourth-order valence-corrected chi connectivity index (χ4v) is 5.43. The number of amides is 1. The van der Waals surface area contributed by atoms with Gasteiger partial charge in [-0.15, -0.1) is 0 Å². The van der Waals surface area contributed by atoms with E-state index in [2.05, 4.69) is 10.4 Å². The highest BCUT2D eigenvalue weighted by molar-refractivity contribution is 7.92. The fourth-order valence-electron chi connectivity index (χ4n) is 3.90. The number of anilines is 2. The van der Waals surface area contributed by atoms with Crippen LogP contribution >= 0.6 is 0 Å². The molecule has 11 heteroatoms. The molecule has 1 N–H and O–H groups in total. The van der Waals surface area contributed by atoms with Gasteiger partial charge in [0.05, 0.1) is 23.9 Å². The third kappa shape index (κ3) is 4.85. The first-order valence-corrected chi connectivity index (χ1v) is 12.5. The van der Waals surface area contributed by atoms with Crippen molar-refractivity contribution in [2.24, 2.45) is 0 Å². The Balaban J connectivity index is 1.51. The Bertz CT molecular complexity index is 1370. The minimum absolute atomic E-state index is 0.0272. The number of nitrogens with one attached hydrogen (secondary N) is 1. The van der Waals surface area contributed by atoms with E-state index in [0.717, 1.165) is 5.56 Å². The molecule has 1 aromatic heterocycles. The summed E-state index contributed by atoms with van der Waals surface area (Å²) < 4.78 is 40.1. The first-order chi connectivity index (χ1) is 16.7. The number of rotatable bonds is 8. The molecular formula is C24H26N4O6S. The maximum atomic E-state index is 13.4. The Morgan fingerprint density at radius 1 is 1.14 bits per heavy atom. The van der Waals surface area contributed by atoms with Gasteiger partial charge in [-0.05, 0) is 50.1 Å². The quantitative estimate of drug-likeness (QED) is 0.474. The number of nitrogens with zero attached hydrogens (tertiary/aromatic N) is 3. The highest BCUT2D eigenvalue weighted by atomic mass is 32.2.